The van der Waals surface area contributed by atoms with E-state index in [0.29, 0.717) is 17.3 Å². The molecule has 0 radical (unpaired) electrons. The Balaban J connectivity index is 2.04. The van der Waals surface area contributed by atoms with E-state index in [4.69, 9.17) is 21.1 Å². The van der Waals surface area contributed by atoms with Gasteiger partial charge in [-0.1, -0.05) is 11.6 Å². The molecular weight excluding hydrogens is 321 g/mol. The Hall–Kier alpha value is -1.46. The maximum Gasteiger partial charge on any atom is 0.338 e. The number of carbonyl (C=O) groups is 1. The van der Waals surface area contributed by atoms with E-state index in [0.717, 1.165) is 10.2 Å². The Labute approximate surface area is 117 Å². The molecule has 0 fully saturated rings. The Morgan fingerprint density at radius 3 is 2.83 bits per heavy atom. The fourth-order valence-electron chi connectivity index (χ4n) is 1.40. The second-order valence-corrected chi connectivity index (χ2v) is 4.88. The minimum absolute atomic E-state index is 0.141. The molecule has 94 valence electrons. The van der Waals surface area contributed by atoms with E-state index in [-0.39, 0.29) is 5.56 Å². The Bertz CT molecular complexity index is 582. The van der Waals surface area contributed by atoms with Crippen LogP contribution < -0.4 is 5.32 Å². The summed E-state index contributed by atoms with van der Waals surface area (Å²) in [5.74, 6) is -0.452. The van der Waals surface area contributed by atoms with Crippen molar-refractivity contribution in [1.82, 2.24) is 0 Å². The molecule has 2 rings (SSSR count). The zero-order valence-corrected chi connectivity index (χ0v) is 11.5. The van der Waals surface area contributed by atoms with Crippen molar-refractivity contribution in [3.63, 3.8) is 0 Å². The number of carboxylic acids is 1. The van der Waals surface area contributed by atoms with Crippen LogP contribution in [0, 0.1) is 0 Å². The first-order valence-corrected chi connectivity index (χ1v) is 6.23. The standard InChI is InChI=1S/C12H9BrClNO3/c13-10-4-8(14)1-2-11(10)15-5-9-3-7(6-18-9)12(16)17/h1-4,6,15H,5H2,(H,16,17). The molecule has 1 aromatic heterocycles. The lowest BCUT2D eigenvalue weighted by Gasteiger charge is -2.06. The van der Waals surface area contributed by atoms with Crippen molar-refractivity contribution in [3.05, 3.63) is 51.3 Å². The average Bonchev–Trinajstić information content (AvgIpc) is 2.76. The highest BCUT2D eigenvalue weighted by molar-refractivity contribution is 9.10. The zero-order chi connectivity index (χ0) is 13.1. The Morgan fingerprint density at radius 2 is 2.22 bits per heavy atom. The molecule has 1 heterocycles. The van der Waals surface area contributed by atoms with Gasteiger partial charge in [-0.2, -0.15) is 0 Å². The van der Waals surface area contributed by atoms with Crippen LogP contribution in [0.15, 0.2) is 39.4 Å². The van der Waals surface area contributed by atoms with Crippen molar-refractivity contribution >= 4 is 39.2 Å². The minimum atomic E-state index is -1.00. The molecule has 0 spiro atoms. The second-order valence-electron chi connectivity index (χ2n) is 3.58. The van der Waals surface area contributed by atoms with Gasteiger partial charge in [0, 0.05) is 15.2 Å². The molecule has 0 aliphatic rings. The molecule has 4 nitrogen and oxygen atoms in total. The summed E-state index contributed by atoms with van der Waals surface area (Å²) in [6, 6.07) is 6.85. The first kappa shape index (κ1) is 13.0. The molecule has 6 heteroatoms. The van der Waals surface area contributed by atoms with Crippen LogP contribution in [0.2, 0.25) is 5.02 Å². The molecule has 2 aromatic rings. The lowest BCUT2D eigenvalue weighted by Crippen LogP contribution is -1.99. The van der Waals surface area contributed by atoms with Gasteiger partial charge in [-0.3, -0.25) is 0 Å². The Kier molecular flexibility index (Phi) is 3.93. The summed E-state index contributed by atoms with van der Waals surface area (Å²) in [6.45, 7) is 0.396. The highest BCUT2D eigenvalue weighted by atomic mass is 79.9. The van der Waals surface area contributed by atoms with E-state index >= 15 is 0 Å². The predicted octanol–water partition coefficient (Wildman–Crippen LogP) is 4.01. The second kappa shape index (κ2) is 5.46. The van der Waals surface area contributed by atoms with Gasteiger partial charge in [-0.15, -0.1) is 0 Å². The van der Waals surface area contributed by atoms with Crippen LogP contribution >= 0.6 is 27.5 Å². The predicted molar refractivity (Wildman–Crippen MR) is 72.1 cm³/mol. The molecule has 18 heavy (non-hydrogen) atoms. The summed E-state index contributed by atoms with van der Waals surface area (Å²) in [5.41, 5.74) is 0.995. The topological polar surface area (TPSA) is 62.5 Å². The Morgan fingerprint density at radius 1 is 1.44 bits per heavy atom. The number of hydrogen-bond donors (Lipinski definition) is 2. The number of furan rings is 1. The van der Waals surface area contributed by atoms with Crippen LogP contribution in [-0.2, 0) is 6.54 Å². The maximum atomic E-state index is 10.7. The van der Waals surface area contributed by atoms with Gasteiger partial charge < -0.3 is 14.8 Å². The van der Waals surface area contributed by atoms with Crippen molar-refractivity contribution < 1.29 is 14.3 Å². The van der Waals surface area contributed by atoms with E-state index in [9.17, 15) is 4.79 Å². The summed E-state index contributed by atoms with van der Waals surface area (Å²) >= 11 is 9.21. The quantitative estimate of drug-likeness (QED) is 0.889. The van der Waals surface area contributed by atoms with Gasteiger partial charge >= 0.3 is 5.97 Å². The first-order valence-electron chi connectivity index (χ1n) is 5.06. The van der Waals surface area contributed by atoms with Crippen LogP contribution in [0.1, 0.15) is 16.1 Å². The van der Waals surface area contributed by atoms with Crippen LogP contribution in [0.4, 0.5) is 5.69 Å². The fraction of sp³-hybridized carbons (Fsp3) is 0.0833. The van der Waals surface area contributed by atoms with Gasteiger partial charge in [0.15, 0.2) is 0 Å². The monoisotopic (exact) mass is 329 g/mol. The van der Waals surface area contributed by atoms with E-state index in [1.165, 1.54) is 12.3 Å². The van der Waals surface area contributed by atoms with Gasteiger partial charge in [0.1, 0.15) is 12.0 Å². The van der Waals surface area contributed by atoms with Crippen molar-refractivity contribution in [2.75, 3.05) is 5.32 Å². The highest BCUT2D eigenvalue weighted by Crippen LogP contribution is 2.26. The van der Waals surface area contributed by atoms with Gasteiger partial charge in [0.2, 0.25) is 0 Å². The van der Waals surface area contributed by atoms with Crippen LogP contribution in [-0.4, -0.2) is 11.1 Å². The SMILES string of the molecule is O=C(O)c1coc(CNc2ccc(Cl)cc2Br)c1. The van der Waals surface area contributed by atoms with Crippen molar-refractivity contribution in [3.8, 4) is 0 Å². The molecule has 0 amide bonds. The third-order valence-electron chi connectivity index (χ3n) is 2.28. The van der Waals surface area contributed by atoms with Crippen molar-refractivity contribution in [2.24, 2.45) is 0 Å². The molecular formula is C12H9BrClNO3. The molecule has 0 aliphatic carbocycles. The number of anilines is 1. The largest absolute Gasteiger partial charge is 0.478 e. The molecule has 0 bridgehead atoms. The number of benzene rings is 1. The van der Waals surface area contributed by atoms with E-state index < -0.39 is 5.97 Å². The molecule has 0 saturated heterocycles. The number of halogens is 2. The van der Waals surface area contributed by atoms with Gasteiger partial charge in [-0.05, 0) is 40.2 Å². The fourth-order valence-corrected chi connectivity index (χ4v) is 2.22. The van der Waals surface area contributed by atoms with Gasteiger partial charge in [0.25, 0.3) is 0 Å². The summed E-state index contributed by atoms with van der Waals surface area (Å²) in [5, 5.41) is 12.5. The van der Waals surface area contributed by atoms with E-state index in [1.807, 2.05) is 6.07 Å². The smallest absolute Gasteiger partial charge is 0.338 e. The van der Waals surface area contributed by atoms with E-state index in [2.05, 4.69) is 21.2 Å². The maximum absolute atomic E-state index is 10.7. The molecule has 1 aromatic carbocycles. The zero-order valence-electron chi connectivity index (χ0n) is 9.11. The van der Waals surface area contributed by atoms with Crippen LogP contribution in [0.25, 0.3) is 0 Å². The lowest BCUT2D eigenvalue weighted by molar-refractivity contribution is 0.0696. The van der Waals surface area contributed by atoms with Crippen molar-refractivity contribution in [2.45, 2.75) is 6.54 Å². The normalized spacial score (nSPS) is 10.3. The first-order chi connectivity index (χ1) is 8.56. The van der Waals surface area contributed by atoms with Gasteiger partial charge in [-0.25, -0.2) is 4.79 Å². The van der Waals surface area contributed by atoms with Crippen LogP contribution in [0.3, 0.4) is 0 Å². The number of nitrogens with one attached hydrogen (secondary N) is 1. The number of hydrogen-bond acceptors (Lipinski definition) is 3. The number of aromatic carboxylic acids is 1. The molecule has 0 atom stereocenters. The third kappa shape index (κ3) is 3.05. The number of rotatable bonds is 4. The summed E-state index contributed by atoms with van der Waals surface area (Å²) in [7, 11) is 0. The van der Waals surface area contributed by atoms with Gasteiger partial charge in [0.05, 0.1) is 12.1 Å². The number of carboxylic acid groups (broad SMARTS) is 1. The average molecular weight is 331 g/mol. The van der Waals surface area contributed by atoms with Crippen LogP contribution in [0.5, 0.6) is 0 Å². The molecule has 0 unspecified atom stereocenters. The minimum Gasteiger partial charge on any atom is -0.478 e. The molecule has 2 N–H and O–H groups in total. The summed E-state index contributed by atoms with van der Waals surface area (Å²) < 4.78 is 5.96. The third-order valence-corrected chi connectivity index (χ3v) is 3.18. The molecule has 0 saturated carbocycles. The lowest BCUT2D eigenvalue weighted by atomic mass is 10.3. The summed E-state index contributed by atoms with van der Waals surface area (Å²) in [4.78, 5) is 10.7. The highest BCUT2D eigenvalue weighted by Gasteiger charge is 2.08. The van der Waals surface area contributed by atoms with Crippen molar-refractivity contribution in [1.29, 1.82) is 0 Å². The van der Waals surface area contributed by atoms with E-state index in [1.54, 1.807) is 12.1 Å². The summed E-state index contributed by atoms with van der Waals surface area (Å²) in [6.07, 6.45) is 1.22. The molecule has 0 aliphatic heterocycles.